The molecular weight excluding hydrogens is 308 g/mol. The Morgan fingerprint density at radius 3 is 2.74 bits per heavy atom. The molecule has 3 rings (SSSR count). The van der Waals surface area contributed by atoms with Gasteiger partial charge in [-0.2, -0.15) is 0 Å². The predicted molar refractivity (Wildman–Crippen MR) is 75.3 cm³/mol. The largest absolute Gasteiger partial charge is 0.508 e. The first-order valence-electron chi connectivity index (χ1n) is 5.77. The molecule has 5 heteroatoms. The molecule has 0 unspecified atom stereocenters. The SMILES string of the molecule is Oc1ccc(OCc2cnc3cccc(Br)n23)cc1. The molecule has 3 aromatic rings. The van der Waals surface area contributed by atoms with Gasteiger partial charge in [-0.05, 0) is 52.3 Å². The second-order valence-corrected chi connectivity index (χ2v) is 4.89. The first kappa shape index (κ1) is 12.0. The molecule has 0 saturated heterocycles. The first-order valence-corrected chi connectivity index (χ1v) is 6.56. The van der Waals surface area contributed by atoms with Gasteiger partial charge in [0.2, 0.25) is 0 Å². The topological polar surface area (TPSA) is 46.8 Å². The highest BCUT2D eigenvalue weighted by atomic mass is 79.9. The van der Waals surface area contributed by atoms with Crippen LogP contribution in [0.5, 0.6) is 11.5 Å². The van der Waals surface area contributed by atoms with Crippen LogP contribution in [0.15, 0.2) is 53.3 Å². The molecule has 0 amide bonds. The molecule has 0 fully saturated rings. The van der Waals surface area contributed by atoms with Crippen molar-refractivity contribution in [3.63, 3.8) is 0 Å². The van der Waals surface area contributed by atoms with Gasteiger partial charge < -0.3 is 9.84 Å². The fourth-order valence-corrected chi connectivity index (χ4v) is 2.42. The number of pyridine rings is 1. The smallest absolute Gasteiger partial charge is 0.137 e. The van der Waals surface area contributed by atoms with Gasteiger partial charge in [-0.1, -0.05) is 6.07 Å². The van der Waals surface area contributed by atoms with E-state index < -0.39 is 0 Å². The summed E-state index contributed by atoms with van der Waals surface area (Å²) in [5.74, 6) is 0.935. The molecule has 0 atom stereocenters. The zero-order valence-electron chi connectivity index (χ0n) is 9.95. The molecule has 0 aliphatic heterocycles. The van der Waals surface area contributed by atoms with Crippen LogP contribution in [0.4, 0.5) is 0 Å². The maximum absolute atomic E-state index is 9.21. The molecule has 96 valence electrons. The lowest BCUT2D eigenvalue weighted by molar-refractivity contribution is 0.299. The van der Waals surface area contributed by atoms with Gasteiger partial charge in [0, 0.05) is 0 Å². The Kier molecular flexibility index (Phi) is 3.13. The molecule has 2 heterocycles. The van der Waals surface area contributed by atoms with Crippen molar-refractivity contribution in [2.45, 2.75) is 6.61 Å². The summed E-state index contributed by atoms with van der Waals surface area (Å²) in [5, 5.41) is 9.21. The van der Waals surface area contributed by atoms with Crippen molar-refractivity contribution in [3.8, 4) is 11.5 Å². The highest BCUT2D eigenvalue weighted by molar-refractivity contribution is 9.10. The number of benzene rings is 1. The second kappa shape index (κ2) is 4.93. The van der Waals surface area contributed by atoms with Crippen molar-refractivity contribution >= 4 is 21.6 Å². The number of hydrogen-bond acceptors (Lipinski definition) is 3. The third-order valence-electron chi connectivity index (χ3n) is 2.78. The van der Waals surface area contributed by atoms with E-state index in [1.165, 1.54) is 0 Å². The van der Waals surface area contributed by atoms with Crippen molar-refractivity contribution < 1.29 is 9.84 Å². The molecule has 2 aromatic heterocycles. The molecule has 0 aliphatic carbocycles. The van der Waals surface area contributed by atoms with Gasteiger partial charge in [0.25, 0.3) is 0 Å². The quantitative estimate of drug-likeness (QED) is 0.753. The van der Waals surface area contributed by atoms with Crippen molar-refractivity contribution in [2.75, 3.05) is 0 Å². The normalized spacial score (nSPS) is 10.8. The van der Waals surface area contributed by atoms with Crippen LogP contribution in [0.3, 0.4) is 0 Å². The van der Waals surface area contributed by atoms with E-state index in [1.54, 1.807) is 30.5 Å². The van der Waals surface area contributed by atoms with E-state index >= 15 is 0 Å². The average molecular weight is 319 g/mol. The number of ether oxygens (including phenoxy) is 1. The van der Waals surface area contributed by atoms with E-state index in [0.717, 1.165) is 15.9 Å². The Hall–Kier alpha value is -2.01. The van der Waals surface area contributed by atoms with Crippen molar-refractivity contribution in [1.82, 2.24) is 9.38 Å². The summed E-state index contributed by atoms with van der Waals surface area (Å²) >= 11 is 3.50. The lowest BCUT2D eigenvalue weighted by Crippen LogP contribution is -2.00. The number of rotatable bonds is 3. The molecular formula is C14H11BrN2O2. The Morgan fingerprint density at radius 1 is 1.16 bits per heavy atom. The standard InChI is InChI=1S/C14H11BrN2O2/c15-13-2-1-3-14-16-8-10(17(13)14)9-19-12-6-4-11(18)5-7-12/h1-8,18H,9H2. The lowest BCUT2D eigenvalue weighted by Gasteiger charge is -2.07. The van der Waals surface area contributed by atoms with Gasteiger partial charge in [0.15, 0.2) is 0 Å². The molecule has 0 bridgehead atoms. The van der Waals surface area contributed by atoms with E-state index in [1.807, 2.05) is 22.6 Å². The Morgan fingerprint density at radius 2 is 1.95 bits per heavy atom. The Balaban J connectivity index is 1.84. The maximum atomic E-state index is 9.21. The number of imidazole rings is 1. The monoisotopic (exact) mass is 318 g/mol. The fraction of sp³-hybridized carbons (Fsp3) is 0.0714. The molecule has 0 spiro atoms. The molecule has 0 radical (unpaired) electrons. The van der Waals surface area contributed by atoms with E-state index in [2.05, 4.69) is 20.9 Å². The minimum absolute atomic E-state index is 0.227. The maximum Gasteiger partial charge on any atom is 0.137 e. The number of nitrogens with zero attached hydrogens (tertiary/aromatic N) is 2. The average Bonchev–Trinajstić information content (AvgIpc) is 2.83. The molecule has 4 nitrogen and oxygen atoms in total. The number of phenols is 1. The first-order chi connectivity index (χ1) is 9.24. The summed E-state index contributed by atoms with van der Waals surface area (Å²) < 4.78 is 8.60. The third kappa shape index (κ3) is 2.42. The summed E-state index contributed by atoms with van der Waals surface area (Å²) in [7, 11) is 0. The van der Waals surface area contributed by atoms with Gasteiger partial charge >= 0.3 is 0 Å². The Bertz CT molecular complexity index is 707. The molecule has 1 aromatic carbocycles. The summed E-state index contributed by atoms with van der Waals surface area (Å²) in [6, 6.07) is 12.5. The van der Waals surface area contributed by atoms with E-state index in [9.17, 15) is 5.11 Å². The van der Waals surface area contributed by atoms with Crippen LogP contribution in [0, 0.1) is 0 Å². The fourth-order valence-electron chi connectivity index (χ4n) is 1.86. The van der Waals surface area contributed by atoms with Gasteiger partial charge in [-0.3, -0.25) is 4.40 Å². The molecule has 0 saturated carbocycles. The van der Waals surface area contributed by atoms with Crippen LogP contribution >= 0.6 is 15.9 Å². The van der Waals surface area contributed by atoms with Crippen molar-refractivity contribution in [1.29, 1.82) is 0 Å². The van der Waals surface area contributed by atoms with Crippen LogP contribution < -0.4 is 4.74 Å². The zero-order valence-corrected chi connectivity index (χ0v) is 11.5. The predicted octanol–water partition coefficient (Wildman–Crippen LogP) is 3.38. The number of fused-ring (bicyclic) bond motifs is 1. The summed E-state index contributed by atoms with van der Waals surface area (Å²) in [5.41, 5.74) is 1.83. The van der Waals surface area contributed by atoms with Crippen LogP contribution in [0.1, 0.15) is 5.69 Å². The van der Waals surface area contributed by atoms with Crippen LogP contribution in [0.25, 0.3) is 5.65 Å². The van der Waals surface area contributed by atoms with Crippen molar-refractivity contribution in [3.05, 3.63) is 59.0 Å². The minimum atomic E-state index is 0.227. The van der Waals surface area contributed by atoms with Gasteiger partial charge in [0.05, 0.1) is 16.5 Å². The number of aromatic nitrogens is 2. The number of phenolic OH excluding ortho intramolecular Hbond substituents is 1. The van der Waals surface area contributed by atoms with E-state index in [4.69, 9.17) is 4.74 Å². The third-order valence-corrected chi connectivity index (χ3v) is 3.40. The molecule has 19 heavy (non-hydrogen) atoms. The summed E-state index contributed by atoms with van der Waals surface area (Å²) in [6.07, 6.45) is 1.79. The summed E-state index contributed by atoms with van der Waals surface area (Å²) in [4.78, 5) is 4.32. The van der Waals surface area contributed by atoms with Gasteiger partial charge in [0.1, 0.15) is 23.8 Å². The highest BCUT2D eigenvalue weighted by Crippen LogP contribution is 2.19. The number of aromatic hydroxyl groups is 1. The Labute approximate surface area is 118 Å². The zero-order chi connectivity index (χ0) is 13.2. The van der Waals surface area contributed by atoms with Crippen molar-refractivity contribution in [2.24, 2.45) is 0 Å². The van der Waals surface area contributed by atoms with E-state index in [-0.39, 0.29) is 5.75 Å². The number of halogens is 1. The van der Waals surface area contributed by atoms with Crippen LogP contribution in [-0.2, 0) is 6.61 Å². The highest BCUT2D eigenvalue weighted by Gasteiger charge is 2.06. The van der Waals surface area contributed by atoms with Crippen LogP contribution in [-0.4, -0.2) is 14.5 Å². The van der Waals surface area contributed by atoms with Gasteiger partial charge in [-0.15, -0.1) is 0 Å². The van der Waals surface area contributed by atoms with E-state index in [0.29, 0.717) is 12.4 Å². The molecule has 0 aliphatic rings. The molecule has 1 N–H and O–H groups in total. The minimum Gasteiger partial charge on any atom is -0.508 e. The second-order valence-electron chi connectivity index (χ2n) is 4.07. The number of hydrogen-bond donors (Lipinski definition) is 1. The lowest BCUT2D eigenvalue weighted by atomic mass is 10.3. The van der Waals surface area contributed by atoms with Crippen LogP contribution in [0.2, 0.25) is 0 Å². The van der Waals surface area contributed by atoms with Gasteiger partial charge in [-0.25, -0.2) is 4.98 Å². The summed E-state index contributed by atoms with van der Waals surface area (Å²) in [6.45, 7) is 0.411.